The molecule has 0 aromatic heterocycles. The number of halogens is 1. The van der Waals surface area contributed by atoms with E-state index in [1.165, 1.54) is 0 Å². The molecule has 5 nitrogen and oxygen atoms in total. The molecule has 0 bridgehead atoms. The second-order valence-corrected chi connectivity index (χ2v) is 10.1. The van der Waals surface area contributed by atoms with Gasteiger partial charge in [0.05, 0.1) is 11.5 Å². The van der Waals surface area contributed by atoms with Gasteiger partial charge in [0.15, 0.2) is 0 Å². The van der Waals surface area contributed by atoms with Crippen LogP contribution in [0.1, 0.15) is 32.1 Å². The number of sulfonamides is 1. The summed E-state index contributed by atoms with van der Waals surface area (Å²) in [5.74, 6) is -0.690. The van der Waals surface area contributed by atoms with Crippen LogP contribution < -0.4 is 4.72 Å². The quantitative estimate of drug-likeness (QED) is 0.586. The Balaban J connectivity index is 2.58. The van der Waals surface area contributed by atoms with E-state index < -0.39 is 19.9 Å². The molecular weight excluding hydrogens is 342 g/mol. The summed E-state index contributed by atoms with van der Waals surface area (Å²) in [6, 6.07) is -0.128. The summed E-state index contributed by atoms with van der Waals surface area (Å²) in [4.78, 5) is 0.132. The Morgan fingerprint density at radius 3 is 2.28 bits per heavy atom. The summed E-state index contributed by atoms with van der Waals surface area (Å²) >= 11 is 3.50. The summed E-state index contributed by atoms with van der Waals surface area (Å²) in [7, 11) is -6.77. The van der Waals surface area contributed by atoms with Gasteiger partial charge in [-0.25, -0.2) is 21.6 Å². The second kappa shape index (κ2) is 6.67. The highest BCUT2D eigenvalue weighted by molar-refractivity contribution is 9.09. The van der Waals surface area contributed by atoms with Crippen molar-refractivity contribution in [2.24, 2.45) is 0 Å². The zero-order valence-electron chi connectivity index (χ0n) is 10.4. The van der Waals surface area contributed by atoms with Gasteiger partial charge in [-0.2, -0.15) is 0 Å². The van der Waals surface area contributed by atoms with Crippen molar-refractivity contribution in [3.63, 3.8) is 0 Å². The van der Waals surface area contributed by atoms with E-state index in [1.54, 1.807) is 0 Å². The van der Waals surface area contributed by atoms with Crippen LogP contribution in [0.15, 0.2) is 0 Å². The van der Waals surface area contributed by atoms with Crippen molar-refractivity contribution >= 4 is 35.8 Å². The lowest BCUT2D eigenvalue weighted by molar-refractivity contribution is 0.521. The van der Waals surface area contributed by atoms with Gasteiger partial charge in [0, 0.05) is 17.1 Å². The molecule has 0 aromatic carbocycles. The monoisotopic (exact) mass is 361 g/mol. The molecule has 2 atom stereocenters. The summed E-state index contributed by atoms with van der Waals surface area (Å²) in [5, 5.41) is 0. The number of nitrogens with one attached hydrogen (secondary N) is 1. The van der Waals surface area contributed by atoms with Crippen LogP contribution in [0.2, 0.25) is 0 Å². The lowest BCUT2D eigenvalue weighted by atomic mass is 10.1. The van der Waals surface area contributed by atoms with Gasteiger partial charge in [0.25, 0.3) is 0 Å². The minimum atomic E-state index is -3.52. The van der Waals surface area contributed by atoms with E-state index >= 15 is 0 Å². The van der Waals surface area contributed by atoms with Gasteiger partial charge in [-0.05, 0) is 12.8 Å². The Morgan fingerprint density at radius 2 is 1.67 bits per heavy atom. The van der Waals surface area contributed by atoms with Gasteiger partial charge >= 0.3 is 0 Å². The fraction of sp³-hybridized carbons (Fsp3) is 1.00. The predicted molar refractivity (Wildman–Crippen MR) is 76.2 cm³/mol. The van der Waals surface area contributed by atoms with E-state index in [1.807, 2.05) is 0 Å². The Kier molecular flexibility index (Phi) is 6.08. The second-order valence-electron chi connectivity index (χ2n) is 4.83. The van der Waals surface area contributed by atoms with E-state index in [9.17, 15) is 16.8 Å². The molecule has 1 fully saturated rings. The summed E-state index contributed by atoms with van der Waals surface area (Å²) < 4.78 is 48.2. The van der Waals surface area contributed by atoms with Crippen LogP contribution in [0.3, 0.4) is 0 Å². The number of hydrogen-bond donors (Lipinski definition) is 1. The molecule has 0 radical (unpaired) electrons. The van der Waals surface area contributed by atoms with Gasteiger partial charge in [0.1, 0.15) is 9.84 Å². The highest BCUT2D eigenvalue weighted by Gasteiger charge is 2.26. The Morgan fingerprint density at radius 1 is 1.06 bits per heavy atom. The first kappa shape index (κ1) is 16.4. The van der Waals surface area contributed by atoms with Crippen LogP contribution >= 0.6 is 15.9 Å². The van der Waals surface area contributed by atoms with Crippen molar-refractivity contribution in [2.45, 2.75) is 43.0 Å². The van der Waals surface area contributed by atoms with Crippen LogP contribution in [0, 0.1) is 0 Å². The van der Waals surface area contributed by atoms with Gasteiger partial charge in [-0.3, -0.25) is 0 Å². The zero-order valence-corrected chi connectivity index (χ0v) is 13.7. The van der Waals surface area contributed by atoms with E-state index in [0.717, 1.165) is 38.4 Å². The summed E-state index contributed by atoms with van der Waals surface area (Å²) in [6.45, 7) is 0. The molecule has 0 amide bonds. The van der Waals surface area contributed by atoms with Crippen molar-refractivity contribution in [2.75, 3.05) is 17.8 Å². The van der Waals surface area contributed by atoms with Crippen molar-refractivity contribution in [1.82, 2.24) is 4.72 Å². The molecule has 1 N–H and O–H groups in total. The molecule has 18 heavy (non-hydrogen) atoms. The van der Waals surface area contributed by atoms with Crippen LogP contribution in [0.5, 0.6) is 0 Å². The summed E-state index contributed by atoms with van der Waals surface area (Å²) in [6.07, 6.45) is 6.00. The lowest BCUT2D eigenvalue weighted by Crippen LogP contribution is -2.42. The van der Waals surface area contributed by atoms with Crippen LogP contribution in [-0.2, 0) is 19.9 Å². The summed E-state index contributed by atoms with van der Waals surface area (Å²) in [5.41, 5.74) is 0. The molecule has 0 heterocycles. The first-order chi connectivity index (χ1) is 8.20. The molecule has 108 valence electrons. The highest BCUT2D eigenvalue weighted by atomic mass is 79.9. The Hall–Kier alpha value is 0.340. The highest BCUT2D eigenvalue weighted by Crippen LogP contribution is 2.24. The molecule has 1 aliphatic rings. The van der Waals surface area contributed by atoms with E-state index in [-0.39, 0.29) is 22.4 Å². The van der Waals surface area contributed by atoms with Crippen molar-refractivity contribution in [3.8, 4) is 0 Å². The third kappa shape index (κ3) is 6.49. The maximum Gasteiger partial charge on any atom is 0.212 e. The maximum atomic E-state index is 11.8. The molecular formula is C10H20BrNO4S2. The molecule has 0 saturated heterocycles. The van der Waals surface area contributed by atoms with E-state index in [2.05, 4.69) is 20.7 Å². The number of hydrogen-bond acceptors (Lipinski definition) is 4. The minimum absolute atomic E-state index is 0.128. The standard InChI is InChI=1S/C10H20BrNO4S2/c1-17(13,14)7-8-18(15,16)12-10-6-4-2-3-5-9(10)11/h9-10,12H,2-8H2,1H3. The third-order valence-electron chi connectivity index (χ3n) is 2.99. The molecule has 0 aromatic rings. The fourth-order valence-electron chi connectivity index (χ4n) is 1.95. The Bertz CT molecular complexity index is 460. The van der Waals surface area contributed by atoms with Gasteiger partial charge in [-0.15, -0.1) is 0 Å². The van der Waals surface area contributed by atoms with E-state index in [4.69, 9.17) is 0 Å². The molecule has 1 rings (SSSR count). The molecule has 1 aliphatic carbocycles. The number of rotatable bonds is 5. The van der Waals surface area contributed by atoms with Gasteiger partial charge in [0.2, 0.25) is 10.0 Å². The smallest absolute Gasteiger partial charge is 0.212 e. The predicted octanol–water partition coefficient (Wildman–Crippen LogP) is 1.05. The number of alkyl halides is 1. The normalized spacial score (nSPS) is 26.8. The van der Waals surface area contributed by atoms with E-state index in [0.29, 0.717) is 0 Å². The molecule has 0 aliphatic heterocycles. The largest absolute Gasteiger partial charge is 0.229 e. The first-order valence-corrected chi connectivity index (χ1v) is 10.6. The van der Waals surface area contributed by atoms with Crippen molar-refractivity contribution in [3.05, 3.63) is 0 Å². The molecule has 1 saturated carbocycles. The van der Waals surface area contributed by atoms with Gasteiger partial charge < -0.3 is 0 Å². The molecule has 8 heteroatoms. The maximum absolute atomic E-state index is 11.8. The topological polar surface area (TPSA) is 80.3 Å². The first-order valence-electron chi connectivity index (χ1n) is 6.01. The van der Waals surface area contributed by atoms with Crippen molar-refractivity contribution in [1.29, 1.82) is 0 Å². The fourth-order valence-corrected chi connectivity index (χ4v) is 5.79. The third-order valence-corrected chi connectivity index (χ3v) is 6.69. The van der Waals surface area contributed by atoms with Gasteiger partial charge in [-0.1, -0.05) is 35.2 Å². The van der Waals surface area contributed by atoms with Crippen LogP contribution in [-0.4, -0.2) is 45.5 Å². The molecule has 0 spiro atoms. The van der Waals surface area contributed by atoms with Crippen LogP contribution in [0.25, 0.3) is 0 Å². The minimum Gasteiger partial charge on any atom is -0.229 e. The SMILES string of the molecule is CS(=O)(=O)CCS(=O)(=O)NC1CCCCCC1Br. The molecule has 2 unspecified atom stereocenters. The lowest BCUT2D eigenvalue weighted by Gasteiger charge is -2.21. The Labute approximate surface area is 118 Å². The average Bonchev–Trinajstić information content (AvgIpc) is 2.41. The van der Waals surface area contributed by atoms with Crippen molar-refractivity contribution < 1.29 is 16.8 Å². The average molecular weight is 362 g/mol. The number of sulfone groups is 1. The zero-order chi connectivity index (χ0) is 13.8. The van der Waals surface area contributed by atoms with Crippen LogP contribution in [0.4, 0.5) is 0 Å².